The average molecular weight is 206 g/mol. The van der Waals surface area contributed by atoms with E-state index >= 15 is 0 Å². The fraction of sp³-hybridized carbons (Fsp3) is 0.417. The molecule has 1 atom stereocenters. The number of carbonyl (C=O) groups excluding carboxylic acids is 1. The Hall–Kier alpha value is -1.35. The Morgan fingerprint density at radius 1 is 1.40 bits per heavy atom. The lowest BCUT2D eigenvalue weighted by Crippen LogP contribution is -2.24. The summed E-state index contributed by atoms with van der Waals surface area (Å²) in [6, 6.07) is 7.12. The fourth-order valence-electron chi connectivity index (χ4n) is 1.62. The Morgan fingerprint density at radius 2 is 2.33 bits per heavy atom. The van der Waals surface area contributed by atoms with E-state index in [-0.39, 0.29) is 6.29 Å². The van der Waals surface area contributed by atoms with Crippen LogP contribution in [0.15, 0.2) is 24.3 Å². The van der Waals surface area contributed by atoms with E-state index in [1.165, 1.54) is 0 Å². The molecule has 15 heavy (non-hydrogen) atoms. The molecule has 0 aromatic heterocycles. The van der Waals surface area contributed by atoms with Crippen molar-refractivity contribution >= 4 is 6.29 Å². The average Bonchev–Trinajstić information content (AvgIpc) is 2.31. The molecule has 2 rings (SSSR count). The molecule has 3 heteroatoms. The third-order valence-electron chi connectivity index (χ3n) is 2.40. The quantitative estimate of drug-likeness (QED) is 0.712. The molecule has 1 aromatic rings. The van der Waals surface area contributed by atoms with Crippen molar-refractivity contribution in [2.75, 3.05) is 6.61 Å². The molecule has 80 valence electrons. The highest BCUT2D eigenvalue weighted by Gasteiger charge is 2.14. The van der Waals surface area contributed by atoms with Crippen molar-refractivity contribution in [3.8, 4) is 5.75 Å². The normalized spacial score (nSPS) is 20.9. The highest BCUT2D eigenvalue weighted by Crippen LogP contribution is 2.19. The standard InChI is InChI=1S/C12H14O3/c13-9-10-4-3-5-11(8-10)15-12-6-1-2-7-14-12/h3-5,8-9,12H,1-2,6-7H2/t12-/m1/s1. The summed E-state index contributed by atoms with van der Waals surface area (Å²) in [5.41, 5.74) is 0.628. The van der Waals surface area contributed by atoms with Gasteiger partial charge < -0.3 is 9.47 Å². The minimum Gasteiger partial charge on any atom is -0.465 e. The first-order valence-electron chi connectivity index (χ1n) is 5.22. The van der Waals surface area contributed by atoms with Crippen molar-refractivity contribution in [2.45, 2.75) is 25.6 Å². The van der Waals surface area contributed by atoms with Gasteiger partial charge in [0.2, 0.25) is 0 Å². The van der Waals surface area contributed by atoms with E-state index in [1.54, 1.807) is 12.1 Å². The zero-order chi connectivity index (χ0) is 10.5. The van der Waals surface area contributed by atoms with Crippen molar-refractivity contribution in [3.63, 3.8) is 0 Å². The maximum absolute atomic E-state index is 10.6. The lowest BCUT2D eigenvalue weighted by atomic mass is 10.2. The number of benzene rings is 1. The second-order valence-corrected chi connectivity index (χ2v) is 3.60. The van der Waals surface area contributed by atoms with Gasteiger partial charge in [-0.05, 0) is 25.0 Å². The maximum Gasteiger partial charge on any atom is 0.199 e. The van der Waals surface area contributed by atoms with Gasteiger partial charge in [0.05, 0.1) is 6.61 Å². The summed E-state index contributed by atoms with van der Waals surface area (Å²) in [5.74, 6) is 0.700. The molecule has 1 heterocycles. The van der Waals surface area contributed by atoms with Gasteiger partial charge in [-0.3, -0.25) is 4.79 Å². The van der Waals surface area contributed by atoms with Gasteiger partial charge in [-0.1, -0.05) is 12.1 Å². The van der Waals surface area contributed by atoms with Gasteiger partial charge in [-0.25, -0.2) is 0 Å². The highest BCUT2D eigenvalue weighted by molar-refractivity contribution is 5.75. The van der Waals surface area contributed by atoms with E-state index in [0.29, 0.717) is 11.3 Å². The molecule has 0 unspecified atom stereocenters. The smallest absolute Gasteiger partial charge is 0.199 e. The van der Waals surface area contributed by atoms with Gasteiger partial charge in [-0.15, -0.1) is 0 Å². The van der Waals surface area contributed by atoms with Crippen molar-refractivity contribution in [3.05, 3.63) is 29.8 Å². The summed E-state index contributed by atoms with van der Waals surface area (Å²) >= 11 is 0. The minimum absolute atomic E-state index is 0.152. The van der Waals surface area contributed by atoms with Crippen LogP contribution in [0.4, 0.5) is 0 Å². The summed E-state index contributed by atoms with van der Waals surface area (Å²) in [6.07, 6.45) is 3.83. The zero-order valence-corrected chi connectivity index (χ0v) is 8.52. The summed E-state index contributed by atoms with van der Waals surface area (Å²) in [6.45, 7) is 0.762. The molecule has 1 fully saturated rings. The van der Waals surface area contributed by atoms with Gasteiger partial charge in [0.15, 0.2) is 6.29 Å². The predicted molar refractivity (Wildman–Crippen MR) is 56.0 cm³/mol. The van der Waals surface area contributed by atoms with Crippen molar-refractivity contribution < 1.29 is 14.3 Å². The molecule has 3 nitrogen and oxygen atoms in total. The van der Waals surface area contributed by atoms with Gasteiger partial charge in [0.25, 0.3) is 0 Å². The monoisotopic (exact) mass is 206 g/mol. The summed E-state index contributed by atoms with van der Waals surface area (Å²) < 4.78 is 11.1. The van der Waals surface area contributed by atoms with Crippen LogP contribution >= 0.6 is 0 Å². The van der Waals surface area contributed by atoms with Gasteiger partial charge in [0, 0.05) is 12.0 Å². The van der Waals surface area contributed by atoms with Crippen LogP contribution in [0.2, 0.25) is 0 Å². The van der Waals surface area contributed by atoms with Crippen LogP contribution < -0.4 is 4.74 Å². The summed E-state index contributed by atoms with van der Waals surface area (Å²) in [7, 11) is 0. The van der Waals surface area contributed by atoms with Crippen molar-refractivity contribution in [1.82, 2.24) is 0 Å². The minimum atomic E-state index is -0.152. The van der Waals surface area contributed by atoms with Gasteiger partial charge >= 0.3 is 0 Å². The Morgan fingerprint density at radius 3 is 3.07 bits per heavy atom. The molecule has 0 spiro atoms. The van der Waals surface area contributed by atoms with Crippen LogP contribution in [-0.4, -0.2) is 19.2 Å². The Balaban J connectivity index is 1.99. The van der Waals surface area contributed by atoms with E-state index in [2.05, 4.69) is 0 Å². The molecule has 0 bridgehead atoms. The molecular weight excluding hydrogens is 192 g/mol. The second-order valence-electron chi connectivity index (χ2n) is 3.60. The Bertz CT molecular complexity index is 329. The van der Waals surface area contributed by atoms with Crippen LogP contribution in [0.3, 0.4) is 0 Å². The molecule has 0 saturated carbocycles. The number of rotatable bonds is 3. The Labute approximate surface area is 89.0 Å². The van der Waals surface area contributed by atoms with Gasteiger partial charge in [-0.2, -0.15) is 0 Å². The summed E-state index contributed by atoms with van der Waals surface area (Å²) in [5, 5.41) is 0. The van der Waals surface area contributed by atoms with Crippen LogP contribution in [-0.2, 0) is 4.74 Å². The van der Waals surface area contributed by atoms with E-state index < -0.39 is 0 Å². The first-order valence-corrected chi connectivity index (χ1v) is 5.22. The molecule has 1 saturated heterocycles. The van der Waals surface area contributed by atoms with Crippen LogP contribution in [0.25, 0.3) is 0 Å². The molecular formula is C12H14O3. The van der Waals surface area contributed by atoms with E-state index in [4.69, 9.17) is 9.47 Å². The predicted octanol–water partition coefficient (Wildman–Crippen LogP) is 2.40. The fourth-order valence-corrected chi connectivity index (χ4v) is 1.62. The number of hydrogen-bond donors (Lipinski definition) is 0. The van der Waals surface area contributed by atoms with Gasteiger partial charge in [0.1, 0.15) is 12.0 Å². The van der Waals surface area contributed by atoms with E-state index in [1.807, 2.05) is 12.1 Å². The number of aldehydes is 1. The zero-order valence-electron chi connectivity index (χ0n) is 8.52. The lowest BCUT2D eigenvalue weighted by Gasteiger charge is -2.23. The first kappa shape index (κ1) is 10.2. The van der Waals surface area contributed by atoms with Crippen LogP contribution in [0.1, 0.15) is 29.6 Å². The van der Waals surface area contributed by atoms with Crippen LogP contribution in [0, 0.1) is 0 Å². The molecule has 0 amide bonds. The highest BCUT2D eigenvalue weighted by atomic mass is 16.7. The Kier molecular flexibility index (Phi) is 3.35. The number of ether oxygens (including phenoxy) is 2. The first-order chi connectivity index (χ1) is 7.38. The van der Waals surface area contributed by atoms with Crippen LogP contribution in [0.5, 0.6) is 5.75 Å². The largest absolute Gasteiger partial charge is 0.465 e. The summed E-state index contributed by atoms with van der Waals surface area (Å²) in [4.78, 5) is 10.6. The third kappa shape index (κ3) is 2.80. The molecule has 0 aliphatic carbocycles. The van der Waals surface area contributed by atoms with E-state index in [9.17, 15) is 4.79 Å². The number of hydrogen-bond acceptors (Lipinski definition) is 3. The SMILES string of the molecule is O=Cc1cccc(O[C@@H]2CCCCO2)c1. The number of carbonyl (C=O) groups is 1. The molecule has 1 aromatic carbocycles. The molecule has 0 N–H and O–H groups in total. The van der Waals surface area contributed by atoms with Crippen molar-refractivity contribution in [1.29, 1.82) is 0 Å². The maximum atomic E-state index is 10.6. The van der Waals surface area contributed by atoms with E-state index in [0.717, 1.165) is 32.2 Å². The second kappa shape index (κ2) is 4.94. The van der Waals surface area contributed by atoms with Crippen molar-refractivity contribution in [2.24, 2.45) is 0 Å². The lowest BCUT2D eigenvalue weighted by molar-refractivity contribution is -0.105. The molecule has 1 aliphatic heterocycles. The topological polar surface area (TPSA) is 35.5 Å². The molecule has 0 radical (unpaired) electrons. The molecule has 1 aliphatic rings. The third-order valence-corrected chi connectivity index (χ3v) is 2.40.